The highest BCUT2D eigenvalue weighted by molar-refractivity contribution is 6.30. The summed E-state index contributed by atoms with van der Waals surface area (Å²) in [5.74, 6) is 0.103. The first-order valence-electron chi connectivity index (χ1n) is 9.81. The molecule has 2 aromatic carbocycles. The Labute approximate surface area is 174 Å². The normalized spacial score (nSPS) is 14.8. The Balaban J connectivity index is 1.52. The van der Waals surface area contributed by atoms with Gasteiger partial charge < -0.3 is 15.2 Å². The molecule has 0 radical (unpaired) electrons. The number of ether oxygens (including phenoxy) is 1. The van der Waals surface area contributed by atoms with Crippen molar-refractivity contribution in [3.05, 3.63) is 70.5 Å². The van der Waals surface area contributed by atoms with Gasteiger partial charge in [-0.25, -0.2) is 4.98 Å². The zero-order chi connectivity index (χ0) is 20.2. The van der Waals surface area contributed by atoms with Crippen LogP contribution in [0.1, 0.15) is 34.5 Å². The van der Waals surface area contributed by atoms with Crippen molar-refractivity contribution in [2.24, 2.45) is 5.92 Å². The van der Waals surface area contributed by atoms with Crippen LogP contribution in [0.15, 0.2) is 48.7 Å². The highest BCUT2D eigenvalue weighted by Gasteiger charge is 2.18. The first-order chi connectivity index (χ1) is 14.1. The summed E-state index contributed by atoms with van der Waals surface area (Å²) in [7, 11) is 0. The van der Waals surface area contributed by atoms with Gasteiger partial charge in [0.05, 0.1) is 0 Å². The fourth-order valence-corrected chi connectivity index (χ4v) is 3.82. The maximum absolute atomic E-state index is 12.6. The molecule has 0 saturated carbocycles. The Kier molecular flexibility index (Phi) is 5.97. The molecule has 1 amide bonds. The number of rotatable bonds is 5. The lowest BCUT2D eigenvalue weighted by molar-refractivity contribution is 0.0665. The van der Waals surface area contributed by atoms with Gasteiger partial charge in [0.2, 0.25) is 0 Å². The molecule has 2 heterocycles. The minimum Gasteiger partial charge on any atom is -0.505 e. The maximum atomic E-state index is 12.6. The predicted octanol–water partition coefficient (Wildman–Crippen LogP) is 4.49. The number of hydrogen-bond acceptors (Lipinski definition) is 4. The number of benzene rings is 2. The van der Waals surface area contributed by atoms with Crippen LogP contribution in [0.3, 0.4) is 0 Å². The highest BCUT2D eigenvalue weighted by Crippen LogP contribution is 2.30. The molecule has 1 fully saturated rings. The largest absolute Gasteiger partial charge is 0.505 e. The van der Waals surface area contributed by atoms with E-state index >= 15 is 0 Å². The second-order valence-corrected chi connectivity index (χ2v) is 7.88. The molecule has 1 aliphatic heterocycles. The number of aromatic hydroxyl groups is 1. The van der Waals surface area contributed by atoms with Crippen LogP contribution in [-0.4, -0.2) is 29.2 Å². The van der Waals surface area contributed by atoms with E-state index in [0.717, 1.165) is 49.0 Å². The van der Waals surface area contributed by atoms with E-state index in [0.29, 0.717) is 22.9 Å². The maximum Gasteiger partial charge on any atom is 0.274 e. The molecule has 2 N–H and O–H groups in total. The fraction of sp³-hybridized carbons (Fsp3) is 0.304. The molecule has 0 atom stereocenters. The number of carbonyl (C=O) groups excluding carboxylic acids is 1. The molecule has 1 aliphatic rings. The van der Waals surface area contributed by atoms with Gasteiger partial charge in [-0.05, 0) is 54.5 Å². The summed E-state index contributed by atoms with van der Waals surface area (Å²) in [4.78, 5) is 16.8. The Morgan fingerprint density at radius 1 is 1.14 bits per heavy atom. The van der Waals surface area contributed by atoms with Crippen molar-refractivity contribution in [1.82, 2.24) is 10.3 Å². The van der Waals surface area contributed by atoms with Gasteiger partial charge in [-0.2, -0.15) is 0 Å². The van der Waals surface area contributed by atoms with Crippen LogP contribution in [0, 0.1) is 5.92 Å². The van der Waals surface area contributed by atoms with Gasteiger partial charge in [0.1, 0.15) is 0 Å². The Morgan fingerprint density at radius 2 is 1.86 bits per heavy atom. The van der Waals surface area contributed by atoms with Crippen molar-refractivity contribution in [2.75, 3.05) is 13.2 Å². The summed E-state index contributed by atoms with van der Waals surface area (Å²) in [6.45, 7) is 1.95. The molecule has 0 aliphatic carbocycles. The van der Waals surface area contributed by atoms with E-state index in [4.69, 9.17) is 16.3 Å². The lowest BCUT2D eigenvalue weighted by Gasteiger charge is -2.22. The Hall–Kier alpha value is -2.63. The molecule has 29 heavy (non-hydrogen) atoms. The van der Waals surface area contributed by atoms with Crippen molar-refractivity contribution in [3.63, 3.8) is 0 Å². The van der Waals surface area contributed by atoms with E-state index in [1.54, 1.807) is 18.3 Å². The summed E-state index contributed by atoms with van der Waals surface area (Å²) >= 11 is 5.88. The molecule has 0 bridgehead atoms. The second-order valence-electron chi connectivity index (χ2n) is 7.45. The van der Waals surface area contributed by atoms with Crippen LogP contribution < -0.4 is 5.32 Å². The highest BCUT2D eigenvalue weighted by atomic mass is 35.5. The third-order valence-electron chi connectivity index (χ3n) is 5.38. The number of nitrogens with one attached hydrogen (secondary N) is 1. The van der Waals surface area contributed by atoms with Crippen molar-refractivity contribution in [1.29, 1.82) is 0 Å². The number of halogens is 1. The van der Waals surface area contributed by atoms with Gasteiger partial charge in [0.15, 0.2) is 11.4 Å². The summed E-state index contributed by atoms with van der Waals surface area (Å²) in [6, 6.07) is 13.2. The molecule has 5 nitrogen and oxygen atoms in total. The second kappa shape index (κ2) is 8.80. The average Bonchev–Trinajstić information content (AvgIpc) is 2.74. The summed E-state index contributed by atoms with van der Waals surface area (Å²) < 4.78 is 5.43. The summed E-state index contributed by atoms with van der Waals surface area (Å²) in [6.07, 6.45) is 4.68. The van der Waals surface area contributed by atoms with E-state index in [-0.39, 0.29) is 11.4 Å². The SMILES string of the molecule is O=C(NCc1ccc(Cl)cc1)c1ncc2ccc(CC3CCOCC3)cc2c1O. The minimum atomic E-state index is -0.408. The monoisotopic (exact) mass is 410 g/mol. The Bertz CT molecular complexity index is 1010. The van der Waals surface area contributed by atoms with Gasteiger partial charge in [-0.15, -0.1) is 0 Å². The van der Waals surface area contributed by atoms with Gasteiger partial charge in [0, 0.05) is 41.8 Å². The quantitative estimate of drug-likeness (QED) is 0.650. The molecular weight excluding hydrogens is 388 g/mol. The van der Waals surface area contributed by atoms with E-state index in [1.807, 2.05) is 24.3 Å². The number of nitrogens with zero attached hydrogens (tertiary/aromatic N) is 1. The van der Waals surface area contributed by atoms with Gasteiger partial charge in [-0.3, -0.25) is 4.79 Å². The van der Waals surface area contributed by atoms with Crippen LogP contribution in [0.5, 0.6) is 5.75 Å². The molecule has 150 valence electrons. The van der Waals surface area contributed by atoms with Crippen molar-refractivity contribution < 1.29 is 14.6 Å². The van der Waals surface area contributed by atoms with Crippen molar-refractivity contribution in [2.45, 2.75) is 25.8 Å². The van der Waals surface area contributed by atoms with Gasteiger partial charge in [0.25, 0.3) is 5.91 Å². The summed E-state index contributed by atoms with van der Waals surface area (Å²) in [5, 5.41) is 15.6. The first-order valence-corrected chi connectivity index (χ1v) is 10.2. The number of amides is 1. The number of fused-ring (bicyclic) bond motifs is 1. The van der Waals surface area contributed by atoms with E-state index in [1.165, 1.54) is 0 Å². The standard InChI is InChI=1S/C23H23ClN2O3/c24-19-5-2-16(3-6-19)13-26-23(28)21-22(27)20-12-17(1-4-18(20)14-25-21)11-15-7-9-29-10-8-15/h1-6,12,14-15,27H,7-11,13H2,(H,26,28). The lowest BCUT2D eigenvalue weighted by atomic mass is 9.91. The van der Waals surface area contributed by atoms with E-state index < -0.39 is 5.91 Å². The van der Waals surface area contributed by atoms with E-state index in [9.17, 15) is 9.90 Å². The van der Waals surface area contributed by atoms with E-state index in [2.05, 4.69) is 16.4 Å². The zero-order valence-electron chi connectivity index (χ0n) is 16.0. The smallest absolute Gasteiger partial charge is 0.274 e. The number of hydrogen-bond donors (Lipinski definition) is 2. The number of carbonyl (C=O) groups is 1. The lowest BCUT2D eigenvalue weighted by Crippen LogP contribution is -2.23. The van der Waals surface area contributed by atoms with Gasteiger partial charge >= 0.3 is 0 Å². The van der Waals surface area contributed by atoms with Gasteiger partial charge in [-0.1, -0.05) is 35.9 Å². The molecule has 1 saturated heterocycles. The molecule has 1 aromatic heterocycles. The fourth-order valence-electron chi connectivity index (χ4n) is 3.69. The third kappa shape index (κ3) is 4.69. The summed E-state index contributed by atoms with van der Waals surface area (Å²) in [5.41, 5.74) is 2.11. The zero-order valence-corrected chi connectivity index (χ0v) is 16.8. The van der Waals surface area contributed by atoms with Crippen molar-refractivity contribution in [3.8, 4) is 5.75 Å². The average molecular weight is 411 g/mol. The molecule has 6 heteroatoms. The Morgan fingerprint density at radius 3 is 2.62 bits per heavy atom. The molecule has 4 rings (SSSR count). The molecule has 0 unspecified atom stereocenters. The number of pyridine rings is 1. The number of aromatic nitrogens is 1. The minimum absolute atomic E-state index is 0.0367. The topological polar surface area (TPSA) is 71.5 Å². The van der Waals surface area contributed by atoms with Crippen LogP contribution in [0.25, 0.3) is 10.8 Å². The van der Waals surface area contributed by atoms with Crippen LogP contribution in [0.2, 0.25) is 5.02 Å². The van der Waals surface area contributed by atoms with Crippen molar-refractivity contribution >= 4 is 28.3 Å². The van der Waals surface area contributed by atoms with Crippen LogP contribution >= 0.6 is 11.6 Å². The first kappa shape index (κ1) is 19.7. The molecular formula is C23H23ClN2O3. The van der Waals surface area contributed by atoms with Crippen LogP contribution in [-0.2, 0) is 17.7 Å². The molecule has 0 spiro atoms. The predicted molar refractivity (Wildman–Crippen MR) is 113 cm³/mol. The van der Waals surface area contributed by atoms with Crippen LogP contribution in [0.4, 0.5) is 0 Å². The molecule has 3 aromatic rings. The third-order valence-corrected chi connectivity index (χ3v) is 5.63.